The van der Waals surface area contributed by atoms with E-state index in [1.54, 1.807) is 0 Å². The highest BCUT2D eigenvalue weighted by Gasteiger charge is 2.46. The largest absolute Gasteiger partial charge is 0.310 e. The second-order valence-corrected chi connectivity index (χ2v) is 12.3. The maximum atomic E-state index is 13.1. The van der Waals surface area contributed by atoms with E-state index in [4.69, 9.17) is 11.6 Å². The van der Waals surface area contributed by atoms with Crippen LogP contribution in [0.25, 0.3) is 0 Å². The van der Waals surface area contributed by atoms with Gasteiger partial charge < -0.3 is 5.32 Å². The van der Waals surface area contributed by atoms with Gasteiger partial charge in [0, 0.05) is 23.1 Å². The molecule has 1 fully saturated rings. The smallest absolute Gasteiger partial charge is 0.183 e. The summed E-state index contributed by atoms with van der Waals surface area (Å²) in [6.45, 7) is 10.5. The predicted octanol–water partition coefficient (Wildman–Crippen LogP) is 1.99. The SMILES string of the molecule is CCN(CC)C(C)(C)CN[C@H]1CS(=O)(=O)C[C@@H]1S(=O)(=O)c1ccc(Cl)cc1. The van der Waals surface area contributed by atoms with E-state index in [0.29, 0.717) is 11.6 Å². The Bertz CT molecular complexity index is 848. The summed E-state index contributed by atoms with van der Waals surface area (Å²) in [6.07, 6.45) is 0. The highest BCUT2D eigenvalue weighted by Crippen LogP contribution is 2.27. The molecule has 1 aromatic rings. The third-order valence-corrected chi connectivity index (χ3v) is 9.68. The van der Waals surface area contributed by atoms with Crippen molar-refractivity contribution in [3.05, 3.63) is 29.3 Å². The fourth-order valence-electron chi connectivity index (χ4n) is 3.68. The number of rotatable bonds is 8. The first-order valence-electron chi connectivity index (χ1n) is 9.11. The van der Waals surface area contributed by atoms with Gasteiger partial charge in [0.2, 0.25) is 0 Å². The van der Waals surface area contributed by atoms with Crippen LogP contribution in [0.1, 0.15) is 27.7 Å². The molecule has 9 heteroatoms. The Morgan fingerprint density at radius 3 is 2.22 bits per heavy atom. The minimum atomic E-state index is -3.79. The normalized spacial score (nSPS) is 23.0. The fraction of sp³-hybridized carbons (Fsp3) is 0.667. The molecule has 6 nitrogen and oxygen atoms in total. The van der Waals surface area contributed by atoms with E-state index in [0.717, 1.165) is 13.1 Å². The zero-order chi connectivity index (χ0) is 20.5. The molecule has 1 saturated heterocycles. The lowest BCUT2D eigenvalue weighted by molar-refractivity contribution is 0.130. The highest BCUT2D eigenvalue weighted by atomic mass is 35.5. The van der Waals surface area contributed by atoms with Gasteiger partial charge in [-0.2, -0.15) is 0 Å². The first-order chi connectivity index (χ1) is 12.4. The van der Waals surface area contributed by atoms with Gasteiger partial charge in [-0.1, -0.05) is 25.4 Å². The van der Waals surface area contributed by atoms with Crippen molar-refractivity contribution in [3.8, 4) is 0 Å². The van der Waals surface area contributed by atoms with Crippen molar-refractivity contribution >= 4 is 31.3 Å². The molecule has 0 amide bonds. The van der Waals surface area contributed by atoms with Crippen molar-refractivity contribution in [1.29, 1.82) is 0 Å². The third kappa shape index (κ3) is 5.23. The molecule has 1 aromatic carbocycles. The van der Waals surface area contributed by atoms with Crippen molar-refractivity contribution < 1.29 is 16.8 Å². The van der Waals surface area contributed by atoms with E-state index < -0.39 is 31.0 Å². The van der Waals surface area contributed by atoms with Crippen LogP contribution < -0.4 is 5.32 Å². The number of hydrogen-bond donors (Lipinski definition) is 1. The minimum absolute atomic E-state index is 0.101. The quantitative estimate of drug-likeness (QED) is 0.670. The molecule has 0 aromatic heterocycles. The molecule has 2 rings (SSSR count). The van der Waals surface area contributed by atoms with Crippen LogP contribution in [0.4, 0.5) is 0 Å². The number of halogens is 1. The fourth-order valence-corrected chi connectivity index (χ4v) is 8.53. The maximum absolute atomic E-state index is 13.1. The van der Waals surface area contributed by atoms with Crippen LogP contribution in [-0.4, -0.2) is 69.7 Å². The molecule has 2 atom stereocenters. The maximum Gasteiger partial charge on any atom is 0.183 e. The Hall–Kier alpha value is -0.670. The van der Waals surface area contributed by atoms with Gasteiger partial charge in [0.25, 0.3) is 0 Å². The molecule has 0 spiro atoms. The van der Waals surface area contributed by atoms with Gasteiger partial charge in [-0.05, 0) is 51.2 Å². The Kier molecular flexibility index (Phi) is 7.01. The summed E-state index contributed by atoms with van der Waals surface area (Å²) >= 11 is 5.84. The van der Waals surface area contributed by atoms with Gasteiger partial charge in [0.15, 0.2) is 19.7 Å². The molecule has 1 N–H and O–H groups in total. The lowest BCUT2D eigenvalue weighted by atomic mass is 10.0. The van der Waals surface area contributed by atoms with E-state index in [1.807, 2.05) is 0 Å². The molecule has 1 aliphatic heterocycles. The van der Waals surface area contributed by atoms with Gasteiger partial charge >= 0.3 is 0 Å². The summed E-state index contributed by atoms with van der Waals surface area (Å²) in [7, 11) is -7.21. The molecule has 0 aliphatic carbocycles. The first kappa shape index (κ1) is 22.6. The van der Waals surface area contributed by atoms with E-state index in [9.17, 15) is 16.8 Å². The average molecular weight is 437 g/mol. The van der Waals surface area contributed by atoms with Crippen LogP contribution in [-0.2, 0) is 19.7 Å². The zero-order valence-electron chi connectivity index (χ0n) is 16.3. The summed E-state index contributed by atoms with van der Waals surface area (Å²) in [5, 5.41) is 2.67. The van der Waals surface area contributed by atoms with Crippen molar-refractivity contribution in [2.24, 2.45) is 0 Å². The van der Waals surface area contributed by atoms with E-state index >= 15 is 0 Å². The van der Waals surface area contributed by atoms with E-state index in [1.165, 1.54) is 24.3 Å². The predicted molar refractivity (Wildman–Crippen MR) is 110 cm³/mol. The summed E-state index contributed by atoms with van der Waals surface area (Å²) in [6, 6.07) is 5.23. The number of benzene rings is 1. The summed E-state index contributed by atoms with van der Waals surface area (Å²) < 4.78 is 50.5. The Morgan fingerprint density at radius 2 is 1.70 bits per heavy atom. The molecular weight excluding hydrogens is 408 g/mol. The number of sulfone groups is 2. The Labute approximate surface area is 168 Å². The Morgan fingerprint density at radius 1 is 1.15 bits per heavy atom. The standard InChI is InChI=1S/C18H29ClN2O4S2/c1-5-21(6-2)18(3,4)13-20-16-11-26(22,23)12-17(16)27(24,25)15-9-7-14(19)8-10-15/h7-10,16-17,20H,5-6,11-13H2,1-4H3/t16-,17-/m0/s1. The van der Waals surface area contributed by atoms with Crippen molar-refractivity contribution in [1.82, 2.24) is 10.2 Å². The summed E-state index contributed by atoms with van der Waals surface area (Å²) in [4.78, 5) is 2.36. The highest BCUT2D eigenvalue weighted by molar-refractivity contribution is 7.96. The van der Waals surface area contributed by atoms with Crippen LogP contribution in [0.15, 0.2) is 29.2 Å². The number of likely N-dealkylation sites (N-methyl/N-ethyl adjacent to an activating group) is 1. The minimum Gasteiger partial charge on any atom is -0.310 e. The van der Waals surface area contributed by atoms with Crippen molar-refractivity contribution in [2.45, 2.75) is 49.4 Å². The van der Waals surface area contributed by atoms with Gasteiger partial charge in [-0.25, -0.2) is 16.8 Å². The third-order valence-electron chi connectivity index (χ3n) is 5.26. The lowest BCUT2D eigenvalue weighted by Crippen LogP contribution is -2.54. The monoisotopic (exact) mass is 436 g/mol. The average Bonchev–Trinajstić information content (AvgIpc) is 2.90. The molecule has 1 heterocycles. The number of nitrogens with zero attached hydrogens (tertiary/aromatic N) is 1. The van der Waals surface area contributed by atoms with Gasteiger partial charge in [0.1, 0.15) is 0 Å². The molecule has 27 heavy (non-hydrogen) atoms. The van der Waals surface area contributed by atoms with Gasteiger partial charge in [0.05, 0.1) is 21.7 Å². The molecule has 0 radical (unpaired) electrons. The van der Waals surface area contributed by atoms with Crippen LogP contribution in [0.3, 0.4) is 0 Å². The van der Waals surface area contributed by atoms with Crippen molar-refractivity contribution in [2.75, 3.05) is 31.1 Å². The number of nitrogens with one attached hydrogen (secondary N) is 1. The van der Waals surface area contributed by atoms with Gasteiger partial charge in [-0.3, -0.25) is 4.90 Å². The van der Waals surface area contributed by atoms with E-state index in [-0.39, 0.29) is 21.9 Å². The van der Waals surface area contributed by atoms with E-state index in [2.05, 4.69) is 37.9 Å². The van der Waals surface area contributed by atoms with Crippen LogP contribution in [0.5, 0.6) is 0 Å². The molecular formula is C18H29ClN2O4S2. The van der Waals surface area contributed by atoms with Crippen molar-refractivity contribution in [3.63, 3.8) is 0 Å². The second-order valence-electron chi connectivity index (χ2n) is 7.59. The summed E-state index contributed by atoms with van der Waals surface area (Å²) in [5.41, 5.74) is -0.218. The van der Waals surface area contributed by atoms with Crippen LogP contribution in [0, 0.1) is 0 Å². The first-order valence-corrected chi connectivity index (χ1v) is 12.9. The van der Waals surface area contributed by atoms with Crippen LogP contribution in [0.2, 0.25) is 5.02 Å². The second kappa shape index (κ2) is 8.37. The summed E-state index contributed by atoms with van der Waals surface area (Å²) in [5.74, 6) is -0.528. The zero-order valence-corrected chi connectivity index (χ0v) is 18.7. The topological polar surface area (TPSA) is 83.6 Å². The Balaban J connectivity index is 2.25. The lowest BCUT2D eigenvalue weighted by Gasteiger charge is -2.38. The molecule has 0 bridgehead atoms. The molecule has 1 aliphatic rings. The van der Waals surface area contributed by atoms with Crippen LogP contribution >= 0.6 is 11.6 Å². The number of hydrogen-bond acceptors (Lipinski definition) is 6. The van der Waals surface area contributed by atoms with Gasteiger partial charge in [-0.15, -0.1) is 0 Å². The molecule has 154 valence electrons. The molecule has 0 saturated carbocycles. The molecule has 0 unspecified atom stereocenters.